The Morgan fingerprint density at radius 2 is 1.82 bits per heavy atom. The first-order valence-corrected chi connectivity index (χ1v) is 5.61. The Hall–Kier alpha value is -1.68. The van der Waals surface area contributed by atoms with E-state index in [1.807, 2.05) is 14.0 Å². The third-order valence-electron chi connectivity index (χ3n) is 2.52. The number of nitrogens with one attached hydrogen (secondary N) is 2. The monoisotopic (exact) mass is 234 g/mol. The first-order chi connectivity index (χ1) is 8.04. The van der Waals surface area contributed by atoms with Gasteiger partial charge in [-0.05, 0) is 38.2 Å². The van der Waals surface area contributed by atoms with Crippen molar-refractivity contribution < 1.29 is 9.59 Å². The van der Waals surface area contributed by atoms with Gasteiger partial charge in [-0.3, -0.25) is 9.59 Å². The summed E-state index contributed by atoms with van der Waals surface area (Å²) < 4.78 is 0. The highest BCUT2D eigenvalue weighted by Gasteiger charge is 2.11. The summed E-state index contributed by atoms with van der Waals surface area (Å²) in [6.07, 6.45) is 0. The number of carbonyl (C=O) groups excluding carboxylic acids is 2. The lowest BCUT2D eigenvalue weighted by molar-refractivity contribution is -0.119. The number of carbonyl (C=O) groups is 2. The summed E-state index contributed by atoms with van der Waals surface area (Å²) in [5.41, 5.74) is 1.36. The molecular formula is C13H18N2O2. The average Bonchev–Trinajstić information content (AvgIpc) is 2.30. The minimum atomic E-state index is -0.0903. The van der Waals surface area contributed by atoms with Gasteiger partial charge in [0.1, 0.15) is 0 Å². The molecule has 0 aliphatic rings. The molecule has 0 bridgehead atoms. The Bertz CT molecular complexity index is 398. The maximum atomic E-state index is 11.7. The molecule has 0 aliphatic heterocycles. The minimum absolute atomic E-state index is 0.0198. The van der Waals surface area contributed by atoms with Crippen LogP contribution in [0.1, 0.15) is 24.2 Å². The molecule has 4 heteroatoms. The van der Waals surface area contributed by atoms with E-state index in [1.54, 1.807) is 24.3 Å². The van der Waals surface area contributed by atoms with Crippen LogP contribution in [0.4, 0.5) is 5.69 Å². The van der Waals surface area contributed by atoms with Crippen LogP contribution in [0.2, 0.25) is 0 Å². The second kappa shape index (κ2) is 6.15. The van der Waals surface area contributed by atoms with E-state index in [0.29, 0.717) is 17.8 Å². The van der Waals surface area contributed by atoms with Gasteiger partial charge in [0.05, 0.1) is 0 Å². The normalized spacial score (nSPS) is 11.9. The highest BCUT2D eigenvalue weighted by atomic mass is 16.2. The quantitative estimate of drug-likeness (QED) is 0.762. The lowest BCUT2D eigenvalue weighted by atomic mass is 10.1. The van der Waals surface area contributed by atoms with Crippen molar-refractivity contribution in [2.24, 2.45) is 5.92 Å². The summed E-state index contributed by atoms with van der Waals surface area (Å²) in [5.74, 6) is -0.103. The molecule has 1 aromatic carbocycles. The first-order valence-electron chi connectivity index (χ1n) is 5.61. The fourth-order valence-corrected chi connectivity index (χ4v) is 1.45. The van der Waals surface area contributed by atoms with E-state index in [9.17, 15) is 9.59 Å². The van der Waals surface area contributed by atoms with Crippen molar-refractivity contribution in [2.75, 3.05) is 18.9 Å². The molecule has 0 aromatic heterocycles. The van der Waals surface area contributed by atoms with Gasteiger partial charge in [0.25, 0.3) is 0 Å². The van der Waals surface area contributed by atoms with Crippen LogP contribution in [0.5, 0.6) is 0 Å². The minimum Gasteiger partial charge on any atom is -0.326 e. The molecular weight excluding hydrogens is 216 g/mol. The van der Waals surface area contributed by atoms with Crippen LogP contribution in [-0.4, -0.2) is 25.3 Å². The summed E-state index contributed by atoms with van der Waals surface area (Å²) in [7, 11) is 1.81. The predicted molar refractivity (Wildman–Crippen MR) is 68.2 cm³/mol. The maximum absolute atomic E-state index is 11.7. The van der Waals surface area contributed by atoms with Gasteiger partial charge >= 0.3 is 0 Å². The summed E-state index contributed by atoms with van der Waals surface area (Å²) in [5, 5.41) is 5.76. The van der Waals surface area contributed by atoms with Crippen LogP contribution >= 0.6 is 0 Å². The highest BCUT2D eigenvalue weighted by molar-refractivity contribution is 5.96. The molecule has 1 aromatic rings. The SMILES string of the molecule is CNCC(C)C(=O)Nc1ccc(C(C)=O)cc1. The van der Waals surface area contributed by atoms with Crippen molar-refractivity contribution in [2.45, 2.75) is 13.8 Å². The zero-order valence-electron chi connectivity index (χ0n) is 10.4. The Labute approximate surface area is 101 Å². The Kier molecular flexibility index (Phi) is 4.84. The van der Waals surface area contributed by atoms with E-state index in [2.05, 4.69) is 10.6 Å². The Morgan fingerprint density at radius 3 is 2.29 bits per heavy atom. The lowest BCUT2D eigenvalue weighted by Gasteiger charge is -2.11. The van der Waals surface area contributed by atoms with E-state index in [4.69, 9.17) is 0 Å². The molecule has 1 atom stereocenters. The van der Waals surface area contributed by atoms with Gasteiger partial charge in [0.2, 0.25) is 5.91 Å². The Balaban J connectivity index is 2.63. The van der Waals surface area contributed by atoms with Gasteiger partial charge in [-0.2, -0.15) is 0 Å². The van der Waals surface area contributed by atoms with Gasteiger partial charge in [0.15, 0.2) is 5.78 Å². The maximum Gasteiger partial charge on any atom is 0.228 e. The van der Waals surface area contributed by atoms with E-state index in [1.165, 1.54) is 6.92 Å². The molecule has 0 radical (unpaired) electrons. The fraction of sp³-hybridized carbons (Fsp3) is 0.385. The van der Waals surface area contributed by atoms with Crippen LogP contribution in [-0.2, 0) is 4.79 Å². The van der Waals surface area contributed by atoms with Crippen LogP contribution in [0.25, 0.3) is 0 Å². The molecule has 0 saturated heterocycles. The molecule has 4 nitrogen and oxygen atoms in total. The van der Waals surface area contributed by atoms with Gasteiger partial charge in [-0.1, -0.05) is 6.92 Å². The molecule has 1 unspecified atom stereocenters. The summed E-state index contributed by atoms with van der Waals surface area (Å²) >= 11 is 0. The number of Topliss-reactive ketones (excluding diaryl/α,β-unsaturated/α-hetero) is 1. The standard InChI is InChI=1S/C13H18N2O2/c1-9(8-14-3)13(17)15-12-6-4-11(5-7-12)10(2)16/h4-7,9,14H,8H2,1-3H3,(H,15,17). The smallest absolute Gasteiger partial charge is 0.228 e. The van der Waals surface area contributed by atoms with Gasteiger partial charge in [-0.15, -0.1) is 0 Å². The highest BCUT2D eigenvalue weighted by Crippen LogP contribution is 2.11. The molecule has 1 amide bonds. The zero-order valence-corrected chi connectivity index (χ0v) is 10.4. The lowest BCUT2D eigenvalue weighted by Crippen LogP contribution is -2.28. The number of anilines is 1. The van der Waals surface area contributed by atoms with Gasteiger partial charge < -0.3 is 10.6 Å². The van der Waals surface area contributed by atoms with Gasteiger partial charge in [0, 0.05) is 23.7 Å². The number of amides is 1. The first kappa shape index (κ1) is 13.4. The van der Waals surface area contributed by atoms with E-state index in [-0.39, 0.29) is 17.6 Å². The van der Waals surface area contributed by atoms with Crippen molar-refractivity contribution >= 4 is 17.4 Å². The number of ketones is 1. The van der Waals surface area contributed by atoms with Crippen molar-refractivity contribution in [1.29, 1.82) is 0 Å². The second-order valence-electron chi connectivity index (χ2n) is 4.08. The van der Waals surface area contributed by atoms with Crippen LogP contribution in [0.15, 0.2) is 24.3 Å². The van der Waals surface area contributed by atoms with Crippen molar-refractivity contribution in [1.82, 2.24) is 5.32 Å². The second-order valence-corrected chi connectivity index (χ2v) is 4.08. The summed E-state index contributed by atoms with van der Waals surface area (Å²) in [6.45, 7) is 4.01. The molecule has 0 fully saturated rings. The molecule has 17 heavy (non-hydrogen) atoms. The van der Waals surface area contributed by atoms with Crippen LogP contribution in [0.3, 0.4) is 0 Å². The van der Waals surface area contributed by atoms with E-state index < -0.39 is 0 Å². The number of benzene rings is 1. The zero-order chi connectivity index (χ0) is 12.8. The van der Waals surface area contributed by atoms with E-state index in [0.717, 1.165) is 0 Å². The van der Waals surface area contributed by atoms with Crippen LogP contribution in [0, 0.1) is 5.92 Å². The van der Waals surface area contributed by atoms with Crippen LogP contribution < -0.4 is 10.6 Å². The molecule has 0 saturated carbocycles. The summed E-state index contributed by atoms with van der Waals surface area (Å²) in [4.78, 5) is 22.8. The topological polar surface area (TPSA) is 58.2 Å². The fourth-order valence-electron chi connectivity index (χ4n) is 1.45. The molecule has 0 aliphatic carbocycles. The molecule has 1 rings (SSSR count). The molecule has 0 heterocycles. The summed E-state index contributed by atoms with van der Waals surface area (Å²) in [6, 6.07) is 6.89. The van der Waals surface area contributed by atoms with E-state index >= 15 is 0 Å². The van der Waals surface area contributed by atoms with Crippen molar-refractivity contribution in [3.8, 4) is 0 Å². The van der Waals surface area contributed by atoms with Gasteiger partial charge in [-0.25, -0.2) is 0 Å². The number of rotatable bonds is 5. The molecule has 2 N–H and O–H groups in total. The molecule has 0 spiro atoms. The molecule has 92 valence electrons. The van der Waals surface area contributed by atoms with Crippen molar-refractivity contribution in [3.63, 3.8) is 0 Å². The number of hydrogen-bond donors (Lipinski definition) is 2. The third-order valence-corrected chi connectivity index (χ3v) is 2.52. The third kappa shape index (κ3) is 4.00. The van der Waals surface area contributed by atoms with Crippen molar-refractivity contribution in [3.05, 3.63) is 29.8 Å². The Morgan fingerprint density at radius 1 is 1.24 bits per heavy atom. The largest absolute Gasteiger partial charge is 0.326 e. The number of hydrogen-bond acceptors (Lipinski definition) is 3. The average molecular weight is 234 g/mol. The predicted octanol–water partition coefficient (Wildman–Crippen LogP) is 1.68.